The Balaban J connectivity index is 1.79. The van der Waals surface area contributed by atoms with Gasteiger partial charge in [-0.15, -0.1) is 0 Å². The highest BCUT2D eigenvalue weighted by molar-refractivity contribution is 5.73. The van der Waals surface area contributed by atoms with Crippen LogP contribution < -0.4 is 0 Å². The molecule has 2 aromatic heterocycles. The minimum Gasteiger partial charge on any atom is -0.256 e. The van der Waals surface area contributed by atoms with Gasteiger partial charge in [-0.25, -0.2) is 4.68 Å². The summed E-state index contributed by atoms with van der Waals surface area (Å²) in [6.45, 7) is 0. The number of pyridine rings is 1. The number of nitrogens with zero attached hydrogens (tertiary/aromatic N) is 3. The van der Waals surface area contributed by atoms with Crippen LogP contribution in [0.2, 0.25) is 0 Å². The van der Waals surface area contributed by atoms with E-state index in [1.807, 2.05) is 47.4 Å². The van der Waals surface area contributed by atoms with E-state index in [1.54, 1.807) is 6.20 Å². The molecule has 3 heteroatoms. The van der Waals surface area contributed by atoms with E-state index < -0.39 is 0 Å². The van der Waals surface area contributed by atoms with Crippen LogP contribution in [0.4, 0.5) is 0 Å². The zero-order valence-electron chi connectivity index (χ0n) is 12.5. The Hall–Kier alpha value is -3.20. The molecule has 110 valence electrons. The van der Waals surface area contributed by atoms with Gasteiger partial charge in [0, 0.05) is 23.5 Å². The summed E-state index contributed by atoms with van der Waals surface area (Å²) < 4.78 is 1.91. The number of aromatic nitrogens is 3. The van der Waals surface area contributed by atoms with Crippen molar-refractivity contribution in [3.05, 3.63) is 91.4 Å². The Bertz CT molecular complexity index is 912. The van der Waals surface area contributed by atoms with E-state index in [9.17, 15) is 0 Å². The fraction of sp³-hybridized carbons (Fsp3) is 0. The number of rotatable bonds is 3. The van der Waals surface area contributed by atoms with Crippen LogP contribution >= 0.6 is 0 Å². The molecule has 0 unspecified atom stereocenters. The van der Waals surface area contributed by atoms with Crippen molar-refractivity contribution in [2.45, 2.75) is 0 Å². The lowest BCUT2D eigenvalue weighted by Gasteiger charge is -2.09. The summed E-state index contributed by atoms with van der Waals surface area (Å²) in [5.41, 5.74) is 5.33. The van der Waals surface area contributed by atoms with Gasteiger partial charge in [-0.05, 0) is 23.8 Å². The first-order chi connectivity index (χ1) is 11.4. The fourth-order valence-electron chi connectivity index (χ4n) is 2.66. The van der Waals surface area contributed by atoms with Crippen molar-refractivity contribution in [1.82, 2.24) is 14.8 Å². The monoisotopic (exact) mass is 297 g/mol. The standard InChI is InChI=1S/C20H15N3/c1-2-8-16(9-3-1)18-10-4-5-12-20(18)23-15-17(14-22-23)19-11-6-7-13-21-19/h1-15H. The lowest BCUT2D eigenvalue weighted by molar-refractivity contribution is 0.882. The molecule has 0 aliphatic heterocycles. The van der Waals surface area contributed by atoms with E-state index in [0.717, 1.165) is 22.5 Å². The van der Waals surface area contributed by atoms with E-state index >= 15 is 0 Å². The van der Waals surface area contributed by atoms with Crippen LogP contribution in [0.3, 0.4) is 0 Å². The third kappa shape index (κ3) is 2.64. The van der Waals surface area contributed by atoms with Crippen LogP contribution in [0.25, 0.3) is 28.1 Å². The second-order valence-corrected chi connectivity index (χ2v) is 5.27. The van der Waals surface area contributed by atoms with Crippen LogP contribution in [0.1, 0.15) is 0 Å². The molecule has 23 heavy (non-hydrogen) atoms. The van der Waals surface area contributed by atoms with Gasteiger partial charge in [-0.2, -0.15) is 5.10 Å². The van der Waals surface area contributed by atoms with Crippen molar-refractivity contribution in [1.29, 1.82) is 0 Å². The Kier molecular flexibility index (Phi) is 3.45. The van der Waals surface area contributed by atoms with Crippen LogP contribution in [0.15, 0.2) is 91.4 Å². The molecule has 2 heterocycles. The lowest BCUT2D eigenvalue weighted by atomic mass is 10.0. The predicted octanol–water partition coefficient (Wildman–Crippen LogP) is 4.60. The summed E-state index contributed by atoms with van der Waals surface area (Å²) in [6.07, 6.45) is 5.67. The highest BCUT2D eigenvalue weighted by Gasteiger charge is 2.09. The molecular weight excluding hydrogens is 282 g/mol. The number of hydrogen-bond acceptors (Lipinski definition) is 2. The first-order valence-corrected chi connectivity index (χ1v) is 7.53. The van der Waals surface area contributed by atoms with Gasteiger partial charge in [-0.1, -0.05) is 54.6 Å². The van der Waals surface area contributed by atoms with Crippen molar-refractivity contribution < 1.29 is 0 Å². The Morgan fingerprint density at radius 3 is 2.30 bits per heavy atom. The topological polar surface area (TPSA) is 30.7 Å². The van der Waals surface area contributed by atoms with Gasteiger partial charge in [0.25, 0.3) is 0 Å². The molecule has 0 saturated carbocycles. The van der Waals surface area contributed by atoms with Crippen molar-refractivity contribution in [2.75, 3.05) is 0 Å². The quantitative estimate of drug-likeness (QED) is 0.553. The highest BCUT2D eigenvalue weighted by atomic mass is 15.3. The maximum Gasteiger partial charge on any atom is 0.0733 e. The van der Waals surface area contributed by atoms with Gasteiger partial charge in [0.1, 0.15) is 0 Å². The van der Waals surface area contributed by atoms with Crippen LogP contribution in [-0.2, 0) is 0 Å². The van der Waals surface area contributed by atoms with Gasteiger partial charge < -0.3 is 0 Å². The summed E-state index contributed by atoms with van der Waals surface area (Å²) in [4.78, 5) is 4.38. The van der Waals surface area contributed by atoms with Crippen LogP contribution in [0.5, 0.6) is 0 Å². The molecule has 0 amide bonds. The van der Waals surface area contributed by atoms with Gasteiger partial charge in [0.2, 0.25) is 0 Å². The maximum absolute atomic E-state index is 4.53. The molecule has 4 rings (SSSR count). The van der Waals surface area contributed by atoms with E-state index in [4.69, 9.17) is 0 Å². The van der Waals surface area contributed by atoms with E-state index in [2.05, 4.69) is 52.5 Å². The van der Waals surface area contributed by atoms with Gasteiger partial charge in [-0.3, -0.25) is 4.98 Å². The molecule has 2 aromatic carbocycles. The summed E-state index contributed by atoms with van der Waals surface area (Å²) in [6, 6.07) is 24.5. The molecule has 0 aliphatic carbocycles. The van der Waals surface area contributed by atoms with Crippen molar-refractivity contribution in [3.8, 4) is 28.1 Å². The summed E-state index contributed by atoms with van der Waals surface area (Å²) in [7, 11) is 0. The molecule has 0 spiro atoms. The molecule has 0 atom stereocenters. The number of hydrogen-bond donors (Lipinski definition) is 0. The smallest absolute Gasteiger partial charge is 0.0733 e. The zero-order valence-corrected chi connectivity index (χ0v) is 12.5. The summed E-state index contributed by atoms with van der Waals surface area (Å²) >= 11 is 0. The van der Waals surface area contributed by atoms with Crippen molar-refractivity contribution in [2.24, 2.45) is 0 Å². The van der Waals surface area contributed by atoms with Crippen LogP contribution in [0, 0.1) is 0 Å². The first-order valence-electron chi connectivity index (χ1n) is 7.53. The lowest BCUT2D eigenvalue weighted by Crippen LogP contribution is -1.97. The summed E-state index contributed by atoms with van der Waals surface area (Å²) in [5.74, 6) is 0. The highest BCUT2D eigenvalue weighted by Crippen LogP contribution is 2.27. The Morgan fingerprint density at radius 1 is 0.696 bits per heavy atom. The minimum atomic E-state index is 0.927. The SMILES string of the molecule is c1ccc(-c2ccccc2-n2cc(-c3ccccn3)cn2)cc1. The zero-order chi connectivity index (χ0) is 15.5. The Morgan fingerprint density at radius 2 is 1.48 bits per heavy atom. The molecule has 0 bridgehead atoms. The molecule has 0 saturated heterocycles. The average molecular weight is 297 g/mol. The summed E-state index contributed by atoms with van der Waals surface area (Å²) in [5, 5.41) is 4.53. The third-order valence-corrected chi connectivity index (χ3v) is 3.78. The van der Waals surface area contributed by atoms with Gasteiger partial charge >= 0.3 is 0 Å². The molecule has 0 N–H and O–H groups in total. The second-order valence-electron chi connectivity index (χ2n) is 5.27. The number of para-hydroxylation sites is 1. The Labute approximate surface area is 134 Å². The second kappa shape index (κ2) is 5.89. The van der Waals surface area contributed by atoms with E-state index in [1.165, 1.54) is 5.56 Å². The molecule has 0 aliphatic rings. The van der Waals surface area contributed by atoms with Crippen LogP contribution in [-0.4, -0.2) is 14.8 Å². The average Bonchev–Trinajstić information content (AvgIpc) is 3.13. The van der Waals surface area contributed by atoms with Crippen molar-refractivity contribution >= 4 is 0 Å². The van der Waals surface area contributed by atoms with Gasteiger partial charge in [0.05, 0.1) is 17.6 Å². The molecular formula is C20H15N3. The third-order valence-electron chi connectivity index (χ3n) is 3.78. The molecule has 0 radical (unpaired) electrons. The maximum atomic E-state index is 4.53. The minimum absolute atomic E-state index is 0.927. The fourth-order valence-corrected chi connectivity index (χ4v) is 2.66. The first kappa shape index (κ1) is 13.5. The molecule has 4 aromatic rings. The normalized spacial score (nSPS) is 10.6. The van der Waals surface area contributed by atoms with E-state index in [0.29, 0.717) is 0 Å². The molecule has 3 nitrogen and oxygen atoms in total. The number of benzene rings is 2. The van der Waals surface area contributed by atoms with E-state index in [-0.39, 0.29) is 0 Å². The predicted molar refractivity (Wildman–Crippen MR) is 92.2 cm³/mol. The molecule has 0 fully saturated rings. The largest absolute Gasteiger partial charge is 0.256 e. The van der Waals surface area contributed by atoms with Crippen molar-refractivity contribution in [3.63, 3.8) is 0 Å². The van der Waals surface area contributed by atoms with Gasteiger partial charge in [0.15, 0.2) is 0 Å².